The van der Waals surface area contributed by atoms with Crippen LogP contribution in [0.4, 0.5) is 5.82 Å². The van der Waals surface area contributed by atoms with E-state index < -0.39 is 10.0 Å². The van der Waals surface area contributed by atoms with Gasteiger partial charge in [-0.25, -0.2) is 8.42 Å². The minimum absolute atomic E-state index is 0. The zero-order valence-electron chi connectivity index (χ0n) is 21.9. The molecule has 0 bridgehead atoms. The molecule has 3 heterocycles. The first kappa shape index (κ1) is 28.9. The highest BCUT2D eigenvalue weighted by Gasteiger charge is 2.25. The van der Waals surface area contributed by atoms with Gasteiger partial charge in [-0.2, -0.15) is 5.10 Å². The molecule has 0 aliphatic carbocycles. The van der Waals surface area contributed by atoms with Gasteiger partial charge in [0.05, 0.1) is 19.9 Å². The second-order valence-corrected chi connectivity index (χ2v) is 10.5. The normalized spacial score (nSPS) is 11.3. The van der Waals surface area contributed by atoms with Crippen LogP contribution >= 0.6 is 12.4 Å². The Hall–Kier alpha value is -4.13. The molecular weight excluding hydrogens is 556 g/mol. The van der Waals surface area contributed by atoms with E-state index in [1.165, 1.54) is 7.11 Å². The summed E-state index contributed by atoms with van der Waals surface area (Å²) in [6.45, 7) is 2.94. The van der Waals surface area contributed by atoms with Crippen LogP contribution in [0.5, 0.6) is 11.5 Å². The summed E-state index contributed by atoms with van der Waals surface area (Å²) in [5, 5.41) is 8.72. The molecule has 210 valence electrons. The molecule has 0 saturated carbocycles. The number of benzene rings is 2. The average molecular weight is 585 g/mol. The van der Waals surface area contributed by atoms with E-state index in [1.54, 1.807) is 53.6 Å². The van der Waals surface area contributed by atoms with E-state index in [0.717, 1.165) is 22.3 Å². The predicted octanol–water partition coefficient (Wildman–Crippen LogP) is 4.30. The van der Waals surface area contributed by atoms with Crippen LogP contribution in [-0.2, 0) is 36.1 Å². The number of rotatable bonds is 11. The fraction of sp³-hybridized carbons (Fsp3) is 0.222. The number of nitrogens with zero attached hydrogens (tertiary/aromatic N) is 4. The van der Waals surface area contributed by atoms with Crippen LogP contribution in [0.2, 0.25) is 0 Å². The second-order valence-electron chi connectivity index (χ2n) is 8.84. The van der Waals surface area contributed by atoms with Crippen LogP contribution in [0, 0.1) is 0 Å². The molecule has 5 rings (SSSR count). The summed E-state index contributed by atoms with van der Waals surface area (Å²) in [6, 6.07) is 12.3. The highest BCUT2D eigenvalue weighted by molar-refractivity contribution is 7.92. The van der Waals surface area contributed by atoms with Crippen LogP contribution in [0.15, 0.2) is 76.7 Å². The highest BCUT2D eigenvalue weighted by atomic mass is 35.5. The number of hydrogen-bond donors (Lipinski definition) is 2. The maximum atomic E-state index is 13.6. The number of pyridine rings is 1. The number of aryl methyl sites for hydroxylation is 1. The Morgan fingerprint density at radius 1 is 1.05 bits per heavy atom. The minimum Gasteiger partial charge on any atom is -0.496 e. The zero-order chi connectivity index (χ0) is 27.4. The third kappa shape index (κ3) is 6.19. The molecule has 0 fully saturated rings. The first-order valence-corrected chi connectivity index (χ1v) is 13.7. The van der Waals surface area contributed by atoms with E-state index in [9.17, 15) is 8.42 Å². The Morgan fingerprint density at radius 2 is 1.90 bits per heavy atom. The zero-order valence-corrected chi connectivity index (χ0v) is 23.5. The molecule has 5 aromatic rings. The van der Waals surface area contributed by atoms with Crippen LogP contribution in [0.25, 0.3) is 11.0 Å². The number of aromatic nitrogens is 4. The fourth-order valence-corrected chi connectivity index (χ4v) is 5.33. The number of fused-ring (bicyclic) bond motifs is 1. The molecule has 0 radical (unpaired) electrons. The molecule has 13 heteroatoms. The first-order chi connectivity index (χ1) is 18.9. The minimum atomic E-state index is -4.12. The van der Waals surface area contributed by atoms with E-state index in [-0.39, 0.29) is 35.5 Å². The maximum Gasteiger partial charge on any atom is 0.266 e. The average Bonchev–Trinajstić information content (AvgIpc) is 3.58. The predicted molar refractivity (Wildman–Crippen MR) is 152 cm³/mol. The SMILES string of the molecule is CCc1ccc(OCc2cccnc2)c(S(=O)(=O)Nc2noc3cc(Cn4cc(CN)cn4)cc(OC)c23)c1.Cl. The van der Waals surface area contributed by atoms with Gasteiger partial charge in [0.1, 0.15) is 28.4 Å². The fourth-order valence-electron chi connectivity index (χ4n) is 4.13. The number of nitrogens with one attached hydrogen (secondary N) is 1. The molecule has 0 amide bonds. The summed E-state index contributed by atoms with van der Waals surface area (Å²) < 4.78 is 48.6. The molecule has 0 aliphatic heterocycles. The molecular formula is C27H29ClN6O5S. The molecule has 0 unspecified atom stereocenters. The van der Waals surface area contributed by atoms with Crippen molar-refractivity contribution in [3.8, 4) is 11.5 Å². The van der Waals surface area contributed by atoms with Gasteiger partial charge in [-0.15, -0.1) is 12.4 Å². The van der Waals surface area contributed by atoms with Gasteiger partial charge < -0.3 is 19.7 Å². The van der Waals surface area contributed by atoms with E-state index in [0.29, 0.717) is 36.2 Å². The third-order valence-corrected chi connectivity index (χ3v) is 7.50. The van der Waals surface area contributed by atoms with Crippen LogP contribution < -0.4 is 19.9 Å². The number of nitrogens with two attached hydrogens (primary N) is 1. The summed E-state index contributed by atoms with van der Waals surface area (Å²) >= 11 is 0. The van der Waals surface area contributed by atoms with Crippen molar-refractivity contribution < 1.29 is 22.4 Å². The van der Waals surface area contributed by atoms with E-state index in [2.05, 4.69) is 20.0 Å². The van der Waals surface area contributed by atoms with Crippen molar-refractivity contribution in [2.24, 2.45) is 5.73 Å². The smallest absolute Gasteiger partial charge is 0.266 e. The number of ether oxygens (including phenoxy) is 2. The van der Waals surface area contributed by atoms with Gasteiger partial charge in [-0.1, -0.05) is 24.2 Å². The van der Waals surface area contributed by atoms with Crippen LogP contribution in [0.1, 0.15) is 29.2 Å². The quantitative estimate of drug-likeness (QED) is 0.232. The summed E-state index contributed by atoms with van der Waals surface area (Å²) in [4.78, 5) is 4.07. The number of hydrogen-bond acceptors (Lipinski definition) is 9. The lowest BCUT2D eigenvalue weighted by Gasteiger charge is -2.14. The molecule has 0 spiro atoms. The van der Waals surface area contributed by atoms with Crippen LogP contribution in [-0.4, -0.2) is 35.4 Å². The Balaban J connectivity index is 0.00000370. The molecule has 11 nitrogen and oxygen atoms in total. The third-order valence-electron chi connectivity index (χ3n) is 6.14. The van der Waals surface area contributed by atoms with Crippen LogP contribution in [0.3, 0.4) is 0 Å². The van der Waals surface area contributed by atoms with Gasteiger partial charge in [-0.05, 0) is 47.9 Å². The summed E-state index contributed by atoms with van der Waals surface area (Å²) in [6.07, 6.45) is 7.54. The lowest BCUT2D eigenvalue weighted by molar-refractivity contribution is 0.297. The van der Waals surface area contributed by atoms with Crippen molar-refractivity contribution >= 4 is 39.2 Å². The van der Waals surface area contributed by atoms with Crippen molar-refractivity contribution in [3.63, 3.8) is 0 Å². The topological polar surface area (TPSA) is 147 Å². The second kappa shape index (κ2) is 12.4. The van der Waals surface area contributed by atoms with Gasteiger partial charge in [-0.3, -0.25) is 14.4 Å². The van der Waals surface area contributed by atoms with Gasteiger partial charge in [0.25, 0.3) is 10.0 Å². The first-order valence-electron chi connectivity index (χ1n) is 12.2. The van der Waals surface area contributed by atoms with E-state index >= 15 is 0 Å². The van der Waals surface area contributed by atoms with Crippen molar-refractivity contribution in [1.29, 1.82) is 0 Å². The molecule has 0 saturated heterocycles. The summed E-state index contributed by atoms with van der Waals surface area (Å²) in [7, 11) is -2.62. The summed E-state index contributed by atoms with van der Waals surface area (Å²) in [5.41, 5.74) is 9.44. The molecule has 0 aliphatic rings. The lowest BCUT2D eigenvalue weighted by Crippen LogP contribution is -2.15. The molecule has 3 aromatic heterocycles. The van der Waals surface area contributed by atoms with Crippen molar-refractivity contribution in [1.82, 2.24) is 19.9 Å². The molecule has 40 heavy (non-hydrogen) atoms. The Kier molecular flexibility index (Phi) is 8.93. The van der Waals surface area contributed by atoms with Crippen molar-refractivity contribution in [2.75, 3.05) is 11.8 Å². The maximum absolute atomic E-state index is 13.6. The monoisotopic (exact) mass is 584 g/mol. The van der Waals surface area contributed by atoms with E-state index in [4.69, 9.17) is 19.7 Å². The molecule has 3 N–H and O–H groups in total. The number of anilines is 1. The number of sulfonamides is 1. The van der Waals surface area contributed by atoms with Gasteiger partial charge in [0.15, 0.2) is 11.4 Å². The van der Waals surface area contributed by atoms with Gasteiger partial charge in [0.2, 0.25) is 0 Å². The highest BCUT2D eigenvalue weighted by Crippen LogP contribution is 2.36. The Bertz CT molecular complexity index is 1710. The number of methoxy groups -OCH3 is 1. The van der Waals surface area contributed by atoms with Crippen molar-refractivity contribution in [3.05, 3.63) is 89.5 Å². The van der Waals surface area contributed by atoms with Gasteiger partial charge in [0, 0.05) is 36.3 Å². The van der Waals surface area contributed by atoms with Gasteiger partial charge >= 0.3 is 0 Å². The molecule has 0 atom stereocenters. The number of halogens is 1. The lowest BCUT2D eigenvalue weighted by atomic mass is 10.1. The Morgan fingerprint density at radius 3 is 2.60 bits per heavy atom. The Labute approximate surface area is 237 Å². The largest absolute Gasteiger partial charge is 0.496 e. The summed E-state index contributed by atoms with van der Waals surface area (Å²) in [5.74, 6) is 0.628. The molecule has 2 aromatic carbocycles. The van der Waals surface area contributed by atoms with E-state index in [1.807, 2.05) is 25.3 Å². The standard InChI is InChI=1S/C27H28N6O5S.ClH/c1-3-18-6-7-22(37-17-19-5-4-8-29-13-19)25(11-18)39(34,35)32-27-26-23(36-2)9-20(10-24(26)38-31-27)15-33-16-21(12-28)14-30-33;/h4-11,13-14,16H,3,12,15,17,28H2,1-2H3,(H,31,32);1H. The van der Waals surface area contributed by atoms with Crippen molar-refractivity contribution in [2.45, 2.75) is 37.9 Å².